The van der Waals surface area contributed by atoms with Crippen LogP contribution in [0.2, 0.25) is 0 Å². The third-order valence-corrected chi connectivity index (χ3v) is 2.67. The Morgan fingerprint density at radius 3 is 2.54 bits per heavy atom. The minimum absolute atomic E-state index is 0.0640. The molecule has 0 radical (unpaired) electrons. The lowest BCUT2D eigenvalue weighted by Crippen LogP contribution is -2.50. The van der Waals surface area contributed by atoms with Crippen LogP contribution in [-0.2, 0) is 4.79 Å². The van der Waals surface area contributed by atoms with Gasteiger partial charge in [-0.05, 0) is 12.8 Å². The van der Waals surface area contributed by atoms with Crippen LogP contribution in [0, 0.1) is 5.92 Å². The molecule has 3 N–H and O–H groups in total. The van der Waals surface area contributed by atoms with Gasteiger partial charge >= 0.3 is 0 Å². The Morgan fingerprint density at radius 1 is 1.38 bits per heavy atom. The van der Waals surface area contributed by atoms with Crippen LogP contribution >= 0.6 is 0 Å². The standard InChI is InChI=1S/C10H20N2O/c1-7(2)10(13)12-9-6-4-3-5-8(9)11/h7-9H,3-6,11H2,1-2H3,(H,12,13). The van der Waals surface area contributed by atoms with Crippen molar-refractivity contribution in [1.29, 1.82) is 0 Å². The van der Waals surface area contributed by atoms with Crippen molar-refractivity contribution in [3.63, 3.8) is 0 Å². The van der Waals surface area contributed by atoms with Gasteiger partial charge in [-0.25, -0.2) is 0 Å². The van der Waals surface area contributed by atoms with Crippen LogP contribution in [-0.4, -0.2) is 18.0 Å². The number of nitrogens with one attached hydrogen (secondary N) is 1. The average molecular weight is 184 g/mol. The lowest BCUT2D eigenvalue weighted by atomic mass is 9.91. The van der Waals surface area contributed by atoms with E-state index in [1.165, 1.54) is 12.8 Å². The second-order valence-corrected chi connectivity index (χ2v) is 4.22. The minimum Gasteiger partial charge on any atom is -0.352 e. The molecule has 0 aliphatic heterocycles. The van der Waals surface area contributed by atoms with Gasteiger partial charge in [0.15, 0.2) is 0 Å². The summed E-state index contributed by atoms with van der Waals surface area (Å²) in [5, 5.41) is 3.00. The molecule has 1 aliphatic carbocycles. The van der Waals surface area contributed by atoms with E-state index in [2.05, 4.69) is 5.32 Å². The summed E-state index contributed by atoms with van der Waals surface area (Å²) in [7, 11) is 0. The maximum atomic E-state index is 11.4. The predicted octanol–water partition coefficient (Wildman–Crippen LogP) is 1.03. The highest BCUT2D eigenvalue weighted by Gasteiger charge is 2.23. The Hall–Kier alpha value is -0.570. The van der Waals surface area contributed by atoms with E-state index in [4.69, 9.17) is 5.73 Å². The van der Waals surface area contributed by atoms with Crippen molar-refractivity contribution in [2.75, 3.05) is 0 Å². The molecule has 1 saturated carbocycles. The summed E-state index contributed by atoms with van der Waals surface area (Å²) in [6.07, 6.45) is 4.48. The highest BCUT2D eigenvalue weighted by Crippen LogP contribution is 2.17. The fourth-order valence-corrected chi connectivity index (χ4v) is 1.69. The van der Waals surface area contributed by atoms with E-state index in [0.29, 0.717) is 0 Å². The third-order valence-electron chi connectivity index (χ3n) is 2.67. The molecule has 0 aromatic carbocycles. The van der Waals surface area contributed by atoms with Crippen LogP contribution in [0.4, 0.5) is 0 Å². The second kappa shape index (κ2) is 4.61. The first-order valence-electron chi connectivity index (χ1n) is 5.17. The topological polar surface area (TPSA) is 55.1 Å². The Morgan fingerprint density at radius 2 is 2.00 bits per heavy atom. The van der Waals surface area contributed by atoms with Crippen molar-refractivity contribution in [2.24, 2.45) is 11.7 Å². The summed E-state index contributed by atoms with van der Waals surface area (Å²) in [6.45, 7) is 3.81. The van der Waals surface area contributed by atoms with E-state index in [1.54, 1.807) is 0 Å². The van der Waals surface area contributed by atoms with Crippen LogP contribution in [0.15, 0.2) is 0 Å². The molecule has 0 saturated heterocycles. The van der Waals surface area contributed by atoms with E-state index >= 15 is 0 Å². The molecular weight excluding hydrogens is 164 g/mol. The quantitative estimate of drug-likeness (QED) is 0.673. The van der Waals surface area contributed by atoms with E-state index < -0.39 is 0 Å². The molecule has 3 heteroatoms. The van der Waals surface area contributed by atoms with Gasteiger partial charge in [0.1, 0.15) is 0 Å². The zero-order valence-electron chi connectivity index (χ0n) is 8.55. The van der Waals surface area contributed by atoms with Gasteiger partial charge in [0.2, 0.25) is 5.91 Å². The summed E-state index contributed by atoms with van der Waals surface area (Å²) in [4.78, 5) is 11.4. The van der Waals surface area contributed by atoms with Gasteiger partial charge in [-0.3, -0.25) is 4.79 Å². The van der Waals surface area contributed by atoms with Crippen LogP contribution in [0.1, 0.15) is 39.5 Å². The van der Waals surface area contributed by atoms with E-state index in [1.807, 2.05) is 13.8 Å². The minimum atomic E-state index is 0.0640. The number of hydrogen-bond donors (Lipinski definition) is 2. The fourth-order valence-electron chi connectivity index (χ4n) is 1.69. The Labute approximate surface area is 80.1 Å². The molecule has 0 aromatic rings. The van der Waals surface area contributed by atoms with E-state index in [9.17, 15) is 4.79 Å². The molecule has 1 rings (SSSR count). The highest BCUT2D eigenvalue weighted by atomic mass is 16.1. The Balaban J connectivity index is 2.38. The number of carbonyl (C=O) groups excluding carboxylic acids is 1. The van der Waals surface area contributed by atoms with Gasteiger partial charge < -0.3 is 11.1 Å². The van der Waals surface area contributed by atoms with Gasteiger partial charge in [-0.1, -0.05) is 26.7 Å². The number of nitrogens with two attached hydrogens (primary N) is 1. The predicted molar refractivity (Wildman–Crippen MR) is 53.2 cm³/mol. The maximum absolute atomic E-state index is 11.4. The summed E-state index contributed by atoms with van der Waals surface area (Å²) in [6, 6.07) is 0.375. The maximum Gasteiger partial charge on any atom is 0.222 e. The van der Waals surface area contributed by atoms with Crippen LogP contribution < -0.4 is 11.1 Å². The van der Waals surface area contributed by atoms with Gasteiger partial charge in [-0.2, -0.15) is 0 Å². The average Bonchev–Trinajstić information content (AvgIpc) is 2.08. The lowest BCUT2D eigenvalue weighted by molar-refractivity contribution is -0.125. The molecule has 0 heterocycles. The molecule has 0 aromatic heterocycles. The smallest absolute Gasteiger partial charge is 0.222 e. The van der Waals surface area contributed by atoms with Gasteiger partial charge in [0, 0.05) is 18.0 Å². The molecular formula is C10H20N2O. The third kappa shape index (κ3) is 2.99. The van der Waals surface area contributed by atoms with Crippen molar-refractivity contribution < 1.29 is 4.79 Å². The molecule has 1 fully saturated rings. The summed E-state index contributed by atoms with van der Waals surface area (Å²) < 4.78 is 0. The Kier molecular flexibility index (Phi) is 3.72. The largest absolute Gasteiger partial charge is 0.352 e. The van der Waals surface area contributed by atoms with Crippen LogP contribution in [0.5, 0.6) is 0 Å². The number of rotatable bonds is 2. The molecule has 3 nitrogen and oxygen atoms in total. The first-order chi connectivity index (χ1) is 6.11. The highest BCUT2D eigenvalue weighted by molar-refractivity contribution is 5.78. The lowest BCUT2D eigenvalue weighted by Gasteiger charge is -2.29. The molecule has 76 valence electrons. The van der Waals surface area contributed by atoms with Crippen LogP contribution in [0.3, 0.4) is 0 Å². The fraction of sp³-hybridized carbons (Fsp3) is 0.900. The normalized spacial score (nSPS) is 28.9. The summed E-state index contributed by atoms with van der Waals surface area (Å²) >= 11 is 0. The second-order valence-electron chi connectivity index (χ2n) is 4.22. The van der Waals surface area contributed by atoms with Gasteiger partial charge in [-0.15, -0.1) is 0 Å². The molecule has 0 spiro atoms. The molecule has 1 amide bonds. The summed E-state index contributed by atoms with van der Waals surface area (Å²) in [5.41, 5.74) is 5.91. The zero-order valence-corrected chi connectivity index (χ0v) is 8.55. The van der Waals surface area contributed by atoms with Crippen molar-refractivity contribution in [3.8, 4) is 0 Å². The van der Waals surface area contributed by atoms with Crippen LogP contribution in [0.25, 0.3) is 0 Å². The van der Waals surface area contributed by atoms with Crippen molar-refractivity contribution in [2.45, 2.75) is 51.6 Å². The number of carbonyl (C=O) groups is 1. The van der Waals surface area contributed by atoms with E-state index in [-0.39, 0.29) is 23.9 Å². The summed E-state index contributed by atoms with van der Waals surface area (Å²) in [5.74, 6) is 0.191. The molecule has 1 aliphatic rings. The SMILES string of the molecule is CC(C)C(=O)NC1CCCCC1N. The molecule has 2 unspecified atom stereocenters. The Bertz CT molecular complexity index is 180. The van der Waals surface area contributed by atoms with Gasteiger partial charge in [0.25, 0.3) is 0 Å². The molecule has 13 heavy (non-hydrogen) atoms. The molecule has 2 atom stereocenters. The van der Waals surface area contributed by atoms with Crippen molar-refractivity contribution in [1.82, 2.24) is 5.32 Å². The van der Waals surface area contributed by atoms with Crippen molar-refractivity contribution in [3.05, 3.63) is 0 Å². The number of hydrogen-bond acceptors (Lipinski definition) is 2. The monoisotopic (exact) mass is 184 g/mol. The van der Waals surface area contributed by atoms with Gasteiger partial charge in [0.05, 0.1) is 0 Å². The van der Waals surface area contributed by atoms with Crippen molar-refractivity contribution >= 4 is 5.91 Å². The first-order valence-corrected chi connectivity index (χ1v) is 5.17. The van der Waals surface area contributed by atoms with E-state index in [0.717, 1.165) is 12.8 Å². The zero-order chi connectivity index (χ0) is 9.84. The number of amides is 1. The first kappa shape index (κ1) is 10.5. The molecule has 0 bridgehead atoms.